The molecule has 0 amide bonds. The minimum atomic E-state index is -0.467. The fourth-order valence-corrected chi connectivity index (χ4v) is 10.3. The van der Waals surface area contributed by atoms with Crippen LogP contribution < -0.4 is 0 Å². The monoisotopic (exact) mass is 472 g/mol. The van der Waals surface area contributed by atoms with Gasteiger partial charge in [0.05, 0.1) is 12.7 Å². The lowest BCUT2D eigenvalue weighted by atomic mass is 9.44. The molecular formula is C29H44O5. The van der Waals surface area contributed by atoms with Gasteiger partial charge in [-0.25, -0.2) is 0 Å². The van der Waals surface area contributed by atoms with E-state index in [0.29, 0.717) is 35.4 Å². The molecule has 0 aromatic heterocycles. The number of ether oxygens (including phenoxy) is 3. The molecule has 6 aliphatic rings. The van der Waals surface area contributed by atoms with Crippen LogP contribution in [0.5, 0.6) is 0 Å². The number of ketones is 1. The van der Waals surface area contributed by atoms with Gasteiger partial charge in [0.1, 0.15) is 11.9 Å². The van der Waals surface area contributed by atoms with E-state index in [1.54, 1.807) is 0 Å². The number of hydrogen-bond donors (Lipinski definition) is 0. The van der Waals surface area contributed by atoms with E-state index in [0.717, 1.165) is 51.6 Å². The van der Waals surface area contributed by atoms with Crippen molar-refractivity contribution in [3.05, 3.63) is 0 Å². The van der Waals surface area contributed by atoms with Crippen LogP contribution >= 0.6 is 0 Å². The minimum Gasteiger partial charge on any atom is -0.463 e. The van der Waals surface area contributed by atoms with Gasteiger partial charge < -0.3 is 14.2 Å². The summed E-state index contributed by atoms with van der Waals surface area (Å²) in [5.74, 6) is 3.07. The van der Waals surface area contributed by atoms with Gasteiger partial charge >= 0.3 is 5.97 Å². The molecule has 4 aliphatic carbocycles. The first-order valence-electron chi connectivity index (χ1n) is 14.1. The molecule has 12 atom stereocenters. The Hall–Kier alpha value is -0.940. The van der Waals surface area contributed by atoms with Gasteiger partial charge in [0.15, 0.2) is 5.79 Å². The van der Waals surface area contributed by atoms with Crippen molar-refractivity contribution in [3.8, 4) is 0 Å². The number of rotatable bonds is 1. The maximum Gasteiger partial charge on any atom is 0.302 e. The normalized spacial score (nSPS) is 56.4. The van der Waals surface area contributed by atoms with Crippen molar-refractivity contribution in [2.45, 2.75) is 110 Å². The second-order valence-electron chi connectivity index (χ2n) is 13.5. The highest BCUT2D eigenvalue weighted by atomic mass is 16.7. The van der Waals surface area contributed by atoms with Crippen LogP contribution in [0.1, 0.15) is 92.4 Å². The summed E-state index contributed by atoms with van der Waals surface area (Å²) in [6.07, 6.45) is 9.47. The summed E-state index contributed by atoms with van der Waals surface area (Å²) in [6.45, 7) is 11.6. The molecule has 34 heavy (non-hydrogen) atoms. The number of carbonyl (C=O) groups is 2. The topological polar surface area (TPSA) is 61.8 Å². The first kappa shape index (κ1) is 23.5. The Morgan fingerprint density at radius 3 is 2.53 bits per heavy atom. The fourth-order valence-electron chi connectivity index (χ4n) is 10.3. The van der Waals surface area contributed by atoms with Crippen molar-refractivity contribution in [2.75, 3.05) is 6.61 Å². The summed E-state index contributed by atoms with van der Waals surface area (Å²) in [7, 11) is 0. The van der Waals surface area contributed by atoms with E-state index in [-0.39, 0.29) is 40.8 Å². The molecule has 6 rings (SSSR count). The summed E-state index contributed by atoms with van der Waals surface area (Å²) in [5, 5.41) is 0. The molecule has 2 saturated heterocycles. The van der Waals surface area contributed by atoms with Gasteiger partial charge in [0.2, 0.25) is 0 Å². The highest BCUT2D eigenvalue weighted by molar-refractivity contribution is 5.87. The maximum atomic E-state index is 14.1. The van der Waals surface area contributed by atoms with Crippen LogP contribution in [0.4, 0.5) is 0 Å². The second-order valence-corrected chi connectivity index (χ2v) is 13.5. The second kappa shape index (κ2) is 7.78. The van der Waals surface area contributed by atoms with Crippen molar-refractivity contribution in [2.24, 2.45) is 52.3 Å². The van der Waals surface area contributed by atoms with Crippen molar-refractivity contribution < 1.29 is 23.8 Å². The molecule has 1 spiro atoms. The largest absolute Gasteiger partial charge is 0.463 e. The lowest BCUT2D eigenvalue weighted by Crippen LogP contribution is -2.58. The molecular weight excluding hydrogens is 428 g/mol. The lowest BCUT2D eigenvalue weighted by Gasteiger charge is -2.60. The average Bonchev–Trinajstić information content (AvgIpc) is 3.23. The molecule has 4 saturated carbocycles. The van der Waals surface area contributed by atoms with Crippen molar-refractivity contribution in [3.63, 3.8) is 0 Å². The van der Waals surface area contributed by atoms with Crippen molar-refractivity contribution >= 4 is 11.8 Å². The van der Waals surface area contributed by atoms with Gasteiger partial charge in [-0.2, -0.15) is 0 Å². The molecule has 190 valence electrons. The Morgan fingerprint density at radius 2 is 1.82 bits per heavy atom. The summed E-state index contributed by atoms with van der Waals surface area (Å²) in [5.41, 5.74) is -0.0934. The molecule has 5 heteroatoms. The van der Waals surface area contributed by atoms with Crippen LogP contribution in [0.2, 0.25) is 0 Å². The maximum absolute atomic E-state index is 14.1. The highest BCUT2D eigenvalue weighted by Gasteiger charge is 2.71. The van der Waals surface area contributed by atoms with Gasteiger partial charge in [-0.1, -0.05) is 27.7 Å². The SMILES string of the molecule is CC(=O)OC1CC[C@@]2(C)C(CC[C@H]3[C@@H]4C[C@@H]5O[C@]6(CCC(C)CO6)[C@@H](C)[C@@H]5[C@@]4(C)C(=O)C[C@@H]32)C1. The third-order valence-electron chi connectivity index (χ3n) is 12.1. The fraction of sp³-hybridized carbons (Fsp3) is 0.931. The molecule has 0 bridgehead atoms. The van der Waals surface area contributed by atoms with E-state index in [9.17, 15) is 9.59 Å². The number of esters is 1. The molecule has 0 radical (unpaired) electrons. The first-order valence-corrected chi connectivity index (χ1v) is 14.1. The molecule has 3 unspecified atom stereocenters. The van der Waals surface area contributed by atoms with Crippen LogP contribution in [-0.4, -0.2) is 36.4 Å². The third-order valence-corrected chi connectivity index (χ3v) is 12.1. The summed E-state index contributed by atoms with van der Waals surface area (Å²) >= 11 is 0. The van der Waals surface area contributed by atoms with E-state index in [1.807, 2.05) is 0 Å². The predicted octanol–water partition coefficient (Wildman–Crippen LogP) is 5.54. The molecule has 5 nitrogen and oxygen atoms in total. The van der Waals surface area contributed by atoms with Crippen LogP contribution in [0.25, 0.3) is 0 Å². The van der Waals surface area contributed by atoms with Crippen molar-refractivity contribution in [1.29, 1.82) is 0 Å². The Balaban J connectivity index is 1.25. The van der Waals surface area contributed by atoms with E-state index in [2.05, 4.69) is 27.7 Å². The summed E-state index contributed by atoms with van der Waals surface area (Å²) in [4.78, 5) is 25.7. The van der Waals surface area contributed by atoms with Gasteiger partial charge in [-0.3, -0.25) is 9.59 Å². The van der Waals surface area contributed by atoms with Gasteiger partial charge in [0.25, 0.3) is 0 Å². The predicted molar refractivity (Wildman–Crippen MR) is 128 cm³/mol. The Morgan fingerprint density at radius 1 is 1.03 bits per heavy atom. The molecule has 2 aliphatic heterocycles. The molecule has 6 fully saturated rings. The number of Topliss-reactive ketones (excluding diaryl/α,β-unsaturated/α-hetero) is 1. The zero-order valence-corrected chi connectivity index (χ0v) is 21.8. The molecule has 0 aromatic rings. The van der Waals surface area contributed by atoms with Crippen LogP contribution in [0, 0.1) is 52.3 Å². The summed E-state index contributed by atoms with van der Waals surface area (Å²) < 4.78 is 18.8. The van der Waals surface area contributed by atoms with Crippen LogP contribution in [-0.2, 0) is 23.8 Å². The van der Waals surface area contributed by atoms with E-state index >= 15 is 0 Å². The van der Waals surface area contributed by atoms with Gasteiger partial charge in [-0.05, 0) is 80.0 Å². The zero-order valence-electron chi connectivity index (χ0n) is 21.8. The molecule has 0 N–H and O–H groups in total. The summed E-state index contributed by atoms with van der Waals surface area (Å²) in [6, 6.07) is 0. The highest BCUT2D eigenvalue weighted by Crippen LogP contribution is 2.70. The van der Waals surface area contributed by atoms with Crippen molar-refractivity contribution in [1.82, 2.24) is 0 Å². The van der Waals surface area contributed by atoms with Crippen LogP contribution in [0.3, 0.4) is 0 Å². The smallest absolute Gasteiger partial charge is 0.302 e. The lowest BCUT2D eigenvalue weighted by molar-refractivity contribution is -0.272. The molecule has 0 aromatic carbocycles. The third kappa shape index (κ3) is 3.11. The van der Waals surface area contributed by atoms with Gasteiger partial charge in [0, 0.05) is 37.0 Å². The Bertz CT molecular complexity index is 861. The number of hydrogen-bond acceptors (Lipinski definition) is 5. The zero-order chi connectivity index (χ0) is 24.0. The Labute approximate surface area is 205 Å². The quantitative estimate of drug-likeness (QED) is 0.469. The Kier molecular flexibility index (Phi) is 5.37. The number of carbonyl (C=O) groups excluding carboxylic acids is 2. The minimum absolute atomic E-state index is 0.0613. The van der Waals surface area contributed by atoms with E-state index < -0.39 is 5.79 Å². The molecule has 2 heterocycles. The van der Waals surface area contributed by atoms with E-state index in [4.69, 9.17) is 14.2 Å². The first-order chi connectivity index (χ1) is 16.1. The van der Waals surface area contributed by atoms with E-state index in [1.165, 1.54) is 19.8 Å². The average molecular weight is 473 g/mol. The van der Waals surface area contributed by atoms with Gasteiger partial charge in [-0.15, -0.1) is 0 Å². The van der Waals surface area contributed by atoms with Crippen LogP contribution in [0.15, 0.2) is 0 Å². The number of fused-ring (bicyclic) bond motifs is 7. The standard InChI is InChI=1S/C29H44O5/c1-16-8-11-29(32-15-16)17(2)26-24(34-29)13-23-21-7-6-19-12-20(33-18(3)30)9-10-27(19,4)22(21)14-25(31)28(23,26)5/h16-17,19-24,26H,6-15H2,1-5H3/t16?,17-,19?,20?,21+,22-,23-,24-,26-,27-,28+,29+/m0/s1.